The van der Waals surface area contributed by atoms with Gasteiger partial charge < -0.3 is 9.32 Å². The van der Waals surface area contributed by atoms with Crippen LogP contribution in [0.5, 0.6) is 0 Å². The molecule has 0 N–H and O–H groups in total. The van der Waals surface area contributed by atoms with Crippen LogP contribution in [0.2, 0.25) is 0 Å². The number of aryl methyl sites for hydroxylation is 1. The molecule has 1 aliphatic heterocycles. The highest BCUT2D eigenvalue weighted by molar-refractivity contribution is 7.91. The summed E-state index contributed by atoms with van der Waals surface area (Å²) in [7, 11) is -3.26. The molecule has 1 unspecified atom stereocenters. The monoisotopic (exact) mass is 348 g/mol. The van der Waals surface area contributed by atoms with Crippen molar-refractivity contribution in [3.05, 3.63) is 48.2 Å². The molecule has 0 bridgehead atoms. The number of furan rings is 1. The Hall–Kier alpha value is -1.79. The first-order chi connectivity index (χ1) is 11.5. The average molecular weight is 348 g/mol. The van der Waals surface area contributed by atoms with E-state index in [-0.39, 0.29) is 11.8 Å². The van der Waals surface area contributed by atoms with Crippen molar-refractivity contribution in [1.29, 1.82) is 0 Å². The number of anilines is 1. The highest BCUT2D eigenvalue weighted by Gasteiger charge is 2.26. The zero-order chi connectivity index (χ0) is 17.2. The van der Waals surface area contributed by atoms with Gasteiger partial charge in [0.05, 0.1) is 16.9 Å². The van der Waals surface area contributed by atoms with Gasteiger partial charge in [-0.15, -0.1) is 0 Å². The van der Waals surface area contributed by atoms with E-state index in [4.69, 9.17) is 4.42 Å². The standard InChI is InChI=1S/C18H24N2O3S/c1-15-5-7-17(8-6-15)24(21,22)14-16(2)19-9-11-20(12-10-19)18-4-3-13-23-18/h3-8,13,16H,9-12,14H2,1-2H3. The van der Waals surface area contributed by atoms with Crippen molar-refractivity contribution in [2.45, 2.75) is 24.8 Å². The van der Waals surface area contributed by atoms with Gasteiger partial charge in [-0.2, -0.15) is 0 Å². The lowest BCUT2D eigenvalue weighted by Crippen LogP contribution is -2.51. The Morgan fingerprint density at radius 2 is 1.75 bits per heavy atom. The zero-order valence-corrected chi connectivity index (χ0v) is 15.0. The van der Waals surface area contributed by atoms with Gasteiger partial charge in [-0.25, -0.2) is 8.42 Å². The summed E-state index contributed by atoms with van der Waals surface area (Å²) in [4.78, 5) is 4.84. The molecule has 0 saturated carbocycles. The van der Waals surface area contributed by atoms with Gasteiger partial charge in [-0.1, -0.05) is 17.7 Å². The normalized spacial score (nSPS) is 17.8. The number of hydrogen-bond donors (Lipinski definition) is 0. The summed E-state index contributed by atoms with van der Waals surface area (Å²) in [5.41, 5.74) is 1.07. The fourth-order valence-corrected chi connectivity index (χ4v) is 4.69. The zero-order valence-electron chi connectivity index (χ0n) is 14.2. The molecule has 2 heterocycles. The Morgan fingerprint density at radius 3 is 2.33 bits per heavy atom. The second-order valence-electron chi connectivity index (χ2n) is 6.42. The second kappa shape index (κ2) is 6.99. The molecule has 1 atom stereocenters. The van der Waals surface area contributed by atoms with Crippen LogP contribution in [0.4, 0.5) is 5.88 Å². The Morgan fingerprint density at radius 1 is 1.08 bits per heavy atom. The quantitative estimate of drug-likeness (QED) is 0.831. The van der Waals surface area contributed by atoms with Gasteiger partial charge in [0, 0.05) is 38.3 Å². The van der Waals surface area contributed by atoms with Gasteiger partial charge >= 0.3 is 0 Å². The van der Waals surface area contributed by atoms with Crippen molar-refractivity contribution < 1.29 is 12.8 Å². The van der Waals surface area contributed by atoms with Crippen molar-refractivity contribution in [2.75, 3.05) is 36.8 Å². The van der Waals surface area contributed by atoms with Crippen LogP contribution in [0, 0.1) is 6.92 Å². The van der Waals surface area contributed by atoms with E-state index >= 15 is 0 Å². The van der Waals surface area contributed by atoms with Crippen LogP contribution in [0.15, 0.2) is 52.0 Å². The van der Waals surface area contributed by atoms with E-state index in [1.54, 1.807) is 18.4 Å². The molecule has 130 valence electrons. The minimum atomic E-state index is -3.26. The fraction of sp³-hybridized carbons (Fsp3) is 0.444. The smallest absolute Gasteiger partial charge is 0.195 e. The van der Waals surface area contributed by atoms with Crippen LogP contribution < -0.4 is 4.90 Å². The molecule has 0 aliphatic carbocycles. The largest absolute Gasteiger partial charge is 0.449 e. The first-order valence-electron chi connectivity index (χ1n) is 8.27. The maximum atomic E-state index is 12.6. The predicted molar refractivity (Wildman–Crippen MR) is 95.2 cm³/mol. The lowest BCUT2D eigenvalue weighted by molar-refractivity contribution is 0.208. The molecule has 1 aliphatic rings. The lowest BCUT2D eigenvalue weighted by atomic mass is 10.2. The summed E-state index contributed by atoms with van der Waals surface area (Å²) in [5.74, 6) is 1.03. The maximum absolute atomic E-state index is 12.6. The molecular weight excluding hydrogens is 324 g/mol. The average Bonchev–Trinajstić information content (AvgIpc) is 3.09. The van der Waals surface area contributed by atoms with Crippen molar-refractivity contribution in [3.8, 4) is 0 Å². The minimum absolute atomic E-state index is 0.00458. The topological polar surface area (TPSA) is 53.8 Å². The summed E-state index contributed by atoms with van der Waals surface area (Å²) in [6, 6.07) is 10.9. The number of benzene rings is 1. The van der Waals surface area contributed by atoms with Crippen LogP contribution in [-0.2, 0) is 9.84 Å². The number of sulfone groups is 1. The van der Waals surface area contributed by atoms with Crippen molar-refractivity contribution in [2.24, 2.45) is 0 Å². The highest BCUT2D eigenvalue weighted by Crippen LogP contribution is 2.19. The van der Waals surface area contributed by atoms with E-state index in [0.29, 0.717) is 4.90 Å². The summed E-state index contributed by atoms with van der Waals surface area (Å²) in [5, 5.41) is 0. The SMILES string of the molecule is Cc1ccc(S(=O)(=O)CC(C)N2CCN(c3ccco3)CC2)cc1. The predicted octanol–water partition coefficient (Wildman–Crippen LogP) is 2.57. The van der Waals surface area contributed by atoms with E-state index in [2.05, 4.69) is 9.80 Å². The van der Waals surface area contributed by atoms with Crippen LogP contribution in [0.3, 0.4) is 0 Å². The first-order valence-corrected chi connectivity index (χ1v) is 9.93. The molecule has 5 nitrogen and oxygen atoms in total. The molecule has 6 heteroatoms. The molecule has 2 aromatic rings. The van der Waals surface area contributed by atoms with E-state index in [0.717, 1.165) is 37.6 Å². The molecule has 1 fully saturated rings. The molecule has 0 radical (unpaired) electrons. The molecule has 3 rings (SSSR count). The lowest BCUT2D eigenvalue weighted by Gasteiger charge is -2.37. The van der Waals surface area contributed by atoms with Gasteiger partial charge in [0.1, 0.15) is 0 Å². The number of hydrogen-bond acceptors (Lipinski definition) is 5. The summed E-state index contributed by atoms with van der Waals surface area (Å²) >= 11 is 0. The molecule has 1 aromatic heterocycles. The van der Waals surface area contributed by atoms with Crippen molar-refractivity contribution in [1.82, 2.24) is 4.90 Å². The van der Waals surface area contributed by atoms with E-state index < -0.39 is 9.84 Å². The van der Waals surface area contributed by atoms with Gasteiger partial charge in [0.25, 0.3) is 0 Å². The van der Waals surface area contributed by atoms with Crippen molar-refractivity contribution >= 4 is 15.7 Å². The maximum Gasteiger partial charge on any atom is 0.195 e. The second-order valence-corrected chi connectivity index (χ2v) is 8.45. The van der Waals surface area contributed by atoms with Gasteiger partial charge in [0.15, 0.2) is 15.7 Å². The molecule has 0 spiro atoms. The fourth-order valence-electron chi connectivity index (χ4n) is 3.10. The van der Waals surface area contributed by atoms with Gasteiger partial charge in [-0.05, 0) is 32.0 Å². The third-order valence-electron chi connectivity index (χ3n) is 4.60. The number of nitrogens with zero attached hydrogens (tertiary/aromatic N) is 2. The molecule has 0 amide bonds. The van der Waals surface area contributed by atoms with Crippen LogP contribution in [-0.4, -0.2) is 51.3 Å². The summed E-state index contributed by atoms with van der Waals surface area (Å²) in [6.07, 6.45) is 1.68. The number of rotatable bonds is 5. The van der Waals surface area contributed by atoms with Crippen LogP contribution in [0.1, 0.15) is 12.5 Å². The Bertz CT molecular complexity index is 746. The van der Waals surface area contributed by atoms with E-state index in [9.17, 15) is 8.42 Å². The van der Waals surface area contributed by atoms with Crippen LogP contribution >= 0.6 is 0 Å². The molecule has 1 aromatic carbocycles. The molecular formula is C18H24N2O3S. The number of piperazine rings is 1. The first kappa shape index (κ1) is 17.0. The van der Waals surface area contributed by atoms with E-state index in [1.807, 2.05) is 38.1 Å². The Balaban J connectivity index is 1.59. The highest BCUT2D eigenvalue weighted by atomic mass is 32.2. The Labute approximate surface area is 143 Å². The summed E-state index contributed by atoms with van der Waals surface area (Å²) in [6.45, 7) is 7.33. The van der Waals surface area contributed by atoms with Crippen molar-refractivity contribution in [3.63, 3.8) is 0 Å². The van der Waals surface area contributed by atoms with E-state index in [1.165, 1.54) is 0 Å². The van der Waals surface area contributed by atoms with Crippen LogP contribution in [0.25, 0.3) is 0 Å². The van der Waals surface area contributed by atoms with Gasteiger partial charge in [0.2, 0.25) is 0 Å². The third kappa shape index (κ3) is 3.82. The van der Waals surface area contributed by atoms with Gasteiger partial charge in [-0.3, -0.25) is 4.90 Å². The molecule has 1 saturated heterocycles. The summed E-state index contributed by atoms with van der Waals surface area (Å²) < 4.78 is 30.6. The molecule has 24 heavy (non-hydrogen) atoms. The minimum Gasteiger partial charge on any atom is -0.449 e. The Kier molecular flexibility index (Phi) is 4.96. The third-order valence-corrected chi connectivity index (χ3v) is 6.51.